The van der Waals surface area contributed by atoms with Crippen molar-refractivity contribution >= 4 is 28.3 Å². The smallest absolute Gasteiger partial charge is 0.238 e. The van der Waals surface area contributed by atoms with E-state index in [1.165, 1.54) is 11.1 Å². The number of nitrogens with zero attached hydrogens (tertiary/aromatic N) is 4. The van der Waals surface area contributed by atoms with Gasteiger partial charge in [0.15, 0.2) is 5.82 Å². The Morgan fingerprint density at radius 1 is 1.00 bits per heavy atom. The number of carbonyl (C=O) groups excluding carboxylic acids is 1. The topological polar surface area (TPSA) is 51.0 Å². The number of carbonyl (C=O) groups is 1. The molecular formula is C23H20N4O. The van der Waals surface area contributed by atoms with Gasteiger partial charge in [0, 0.05) is 29.7 Å². The molecule has 0 spiro atoms. The van der Waals surface area contributed by atoms with Crippen LogP contribution in [0, 0.1) is 13.8 Å². The highest BCUT2D eigenvalue weighted by atomic mass is 16.2. The van der Waals surface area contributed by atoms with Gasteiger partial charge in [0.2, 0.25) is 5.91 Å². The molecule has 2 aromatic heterocycles. The monoisotopic (exact) mass is 368 g/mol. The molecule has 0 fully saturated rings. The summed E-state index contributed by atoms with van der Waals surface area (Å²) >= 11 is 0. The molecule has 3 heterocycles. The summed E-state index contributed by atoms with van der Waals surface area (Å²) in [7, 11) is 2.01. The van der Waals surface area contributed by atoms with E-state index in [9.17, 15) is 4.79 Å². The lowest BCUT2D eigenvalue weighted by Crippen LogP contribution is -2.21. The molecule has 1 aliphatic heterocycles. The molecule has 2 aromatic carbocycles. The van der Waals surface area contributed by atoms with Crippen molar-refractivity contribution in [1.82, 2.24) is 14.5 Å². The summed E-state index contributed by atoms with van der Waals surface area (Å²) < 4.78 is 2.07. The zero-order chi connectivity index (χ0) is 19.4. The van der Waals surface area contributed by atoms with E-state index in [4.69, 9.17) is 4.98 Å². The normalized spacial score (nSPS) is 13.4. The van der Waals surface area contributed by atoms with Gasteiger partial charge in [-0.15, -0.1) is 0 Å². The summed E-state index contributed by atoms with van der Waals surface area (Å²) in [6.45, 7) is 4.14. The predicted octanol–water partition coefficient (Wildman–Crippen LogP) is 4.47. The Balaban J connectivity index is 1.63. The quantitative estimate of drug-likeness (QED) is 0.524. The van der Waals surface area contributed by atoms with Crippen molar-refractivity contribution in [3.8, 4) is 11.3 Å². The Labute approximate surface area is 163 Å². The van der Waals surface area contributed by atoms with Gasteiger partial charge in [-0.05, 0) is 50.2 Å². The molecule has 0 unspecified atom stereocenters. The molecule has 5 nitrogen and oxygen atoms in total. The second-order valence-electron chi connectivity index (χ2n) is 7.48. The number of fused-ring (bicyclic) bond motifs is 2. The Hall–Kier alpha value is -3.47. The van der Waals surface area contributed by atoms with Crippen molar-refractivity contribution in [3.63, 3.8) is 0 Å². The van der Waals surface area contributed by atoms with Gasteiger partial charge in [-0.25, -0.2) is 4.98 Å². The highest BCUT2D eigenvalue weighted by Gasteiger charge is 2.32. The molecule has 5 heteroatoms. The minimum Gasteiger partial charge on any atom is -0.351 e. The van der Waals surface area contributed by atoms with Gasteiger partial charge in [-0.2, -0.15) is 0 Å². The summed E-state index contributed by atoms with van der Waals surface area (Å²) in [5.41, 5.74) is 6.85. The van der Waals surface area contributed by atoms with Crippen LogP contribution >= 0.6 is 0 Å². The van der Waals surface area contributed by atoms with Crippen LogP contribution < -0.4 is 4.90 Å². The SMILES string of the molecule is Cc1cc(C)cc(-c2cnc3c(n2)N(c2ccc4c(ccn4C)c2)C(=O)C3)c1. The molecule has 28 heavy (non-hydrogen) atoms. The van der Waals surface area contributed by atoms with E-state index >= 15 is 0 Å². The number of aromatic nitrogens is 3. The summed E-state index contributed by atoms with van der Waals surface area (Å²) in [5, 5.41) is 1.10. The van der Waals surface area contributed by atoms with Gasteiger partial charge in [-0.1, -0.05) is 17.2 Å². The van der Waals surface area contributed by atoms with Gasteiger partial charge in [-0.3, -0.25) is 14.7 Å². The van der Waals surface area contributed by atoms with Crippen molar-refractivity contribution in [1.29, 1.82) is 0 Å². The second-order valence-corrected chi connectivity index (χ2v) is 7.48. The third-order valence-electron chi connectivity index (χ3n) is 5.25. The van der Waals surface area contributed by atoms with E-state index in [1.807, 2.05) is 31.4 Å². The fourth-order valence-electron chi connectivity index (χ4n) is 3.98. The molecule has 4 aromatic rings. The molecule has 0 saturated heterocycles. The number of aryl methyl sites for hydroxylation is 3. The van der Waals surface area contributed by atoms with Gasteiger partial charge < -0.3 is 4.57 Å². The largest absolute Gasteiger partial charge is 0.351 e. The lowest BCUT2D eigenvalue weighted by molar-refractivity contribution is -0.116. The molecule has 0 saturated carbocycles. The molecule has 0 N–H and O–H groups in total. The Morgan fingerprint density at radius 3 is 2.57 bits per heavy atom. The lowest BCUT2D eigenvalue weighted by Gasteiger charge is -2.17. The molecule has 0 aliphatic carbocycles. The van der Waals surface area contributed by atoms with Crippen LogP contribution in [0.1, 0.15) is 16.8 Å². The number of anilines is 2. The van der Waals surface area contributed by atoms with Crippen LogP contribution in [0.15, 0.2) is 54.9 Å². The number of rotatable bonds is 2. The van der Waals surface area contributed by atoms with Crippen LogP contribution in [0.5, 0.6) is 0 Å². The number of amides is 1. The first-order chi connectivity index (χ1) is 13.5. The van der Waals surface area contributed by atoms with Crippen LogP contribution in [-0.2, 0) is 18.3 Å². The fraction of sp³-hybridized carbons (Fsp3) is 0.174. The maximum absolute atomic E-state index is 12.8. The average molecular weight is 368 g/mol. The highest BCUT2D eigenvalue weighted by molar-refractivity contribution is 6.07. The minimum absolute atomic E-state index is 0.00264. The highest BCUT2D eigenvalue weighted by Crippen LogP contribution is 2.35. The van der Waals surface area contributed by atoms with Gasteiger partial charge in [0.1, 0.15) is 0 Å². The first kappa shape index (κ1) is 16.7. The Kier molecular flexibility index (Phi) is 3.59. The summed E-state index contributed by atoms with van der Waals surface area (Å²) in [4.78, 5) is 23.9. The van der Waals surface area contributed by atoms with Crippen LogP contribution in [0.4, 0.5) is 11.5 Å². The lowest BCUT2D eigenvalue weighted by atomic mass is 10.1. The number of benzene rings is 2. The zero-order valence-electron chi connectivity index (χ0n) is 16.1. The van der Waals surface area contributed by atoms with E-state index in [1.54, 1.807) is 11.1 Å². The van der Waals surface area contributed by atoms with E-state index in [2.05, 4.69) is 47.7 Å². The maximum Gasteiger partial charge on any atom is 0.238 e. The Bertz CT molecular complexity index is 1230. The van der Waals surface area contributed by atoms with Crippen LogP contribution in [0.25, 0.3) is 22.2 Å². The molecule has 1 amide bonds. The third-order valence-corrected chi connectivity index (χ3v) is 5.25. The van der Waals surface area contributed by atoms with E-state index in [-0.39, 0.29) is 12.3 Å². The number of hydrogen-bond donors (Lipinski definition) is 0. The van der Waals surface area contributed by atoms with Crippen LogP contribution in [-0.4, -0.2) is 20.4 Å². The molecule has 0 radical (unpaired) electrons. The van der Waals surface area contributed by atoms with Crippen molar-refractivity contribution in [3.05, 3.63) is 71.7 Å². The van der Waals surface area contributed by atoms with Gasteiger partial charge in [0.25, 0.3) is 0 Å². The zero-order valence-corrected chi connectivity index (χ0v) is 16.1. The van der Waals surface area contributed by atoms with Crippen molar-refractivity contribution in [2.75, 3.05) is 4.90 Å². The van der Waals surface area contributed by atoms with E-state index in [0.29, 0.717) is 5.82 Å². The summed E-state index contributed by atoms with van der Waals surface area (Å²) in [6, 6.07) is 14.4. The molecular weight excluding hydrogens is 348 g/mol. The number of hydrogen-bond acceptors (Lipinski definition) is 3. The second kappa shape index (κ2) is 6.02. The minimum atomic E-state index is 0.00264. The van der Waals surface area contributed by atoms with Crippen molar-refractivity contribution in [2.24, 2.45) is 7.05 Å². The molecule has 5 rings (SSSR count). The molecule has 0 bridgehead atoms. The van der Waals surface area contributed by atoms with E-state index < -0.39 is 0 Å². The average Bonchev–Trinajstić information content (AvgIpc) is 3.19. The van der Waals surface area contributed by atoms with Crippen molar-refractivity contribution in [2.45, 2.75) is 20.3 Å². The summed E-state index contributed by atoms with van der Waals surface area (Å²) in [5.74, 6) is 0.639. The standard InChI is InChI=1S/C23H20N4O/c1-14-8-15(2)10-17(9-14)20-13-24-19-12-22(28)27(23(19)25-20)18-4-5-21-16(11-18)6-7-26(21)3/h4-11,13H,12H2,1-3H3. The van der Waals surface area contributed by atoms with Gasteiger partial charge in [0.05, 0.1) is 29.7 Å². The maximum atomic E-state index is 12.8. The fourth-order valence-corrected chi connectivity index (χ4v) is 3.98. The predicted molar refractivity (Wildman–Crippen MR) is 111 cm³/mol. The first-order valence-corrected chi connectivity index (χ1v) is 9.32. The molecule has 0 atom stereocenters. The molecule has 1 aliphatic rings. The van der Waals surface area contributed by atoms with Crippen LogP contribution in [0.2, 0.25) is 0 Å². The van der Waals surface area contributed by atoms with Crippen molar-refractivity contribution < 1.29 is 4.79 Å². The first-order valence-electron chi connectivity index (χ1n) is 9.32. The third kappa shape index (κ3) is 2.59. The molecule has 138 valence electrons. The van der Waals surface area contributed by atoms with E-state index in [0.717, 1.165) is 33.5 Å². The van der Waals surface area contributed by atoms with Gasteiger partial charge >= 0.3 is 0 Å². The van der Waals surface area contributed by atoms with Crippen LogP contribution in [0.3, 0.4) is 0 Å². The Morgan fingerprint density at radius 2 is 1.79 bits per heavy atom. The summed E-state index contributed by atoms with van der Waals surface area (Å²) in [6.07, 6.45) is 4.07.